The highest BCUT2D eigenvalue weighted by atomic mass is 35.5. The van der Waals surface area contributed by atoms with Gasteiger partial charge in [-0.05, 0) is 113 Å². The lowest BCUT2D eigenvalue weighted by atomic mass is 9.85. The molecule has 7 nitrogen and oxygen atoms in total. The van der Waals surface area contributed by atoms with Gasteiger partial charge in [0.2, 0.25) is 5.95 Å². The van der Waals surface area contributed by atoms with Gasteiger partial charge < -0.3 is 10.1 Å². The zero-order chi connectivity index (χ0) is 31.1. The molecule has 0 radical (unpaired) electrons. The average molecular weight is 634 g/mol. The summed E-state index contributed by atoms with van der Waals surface area (Å²) < 4.78 is 6.38. The summed E-state index contributed by atoms with van der Waals surface area (Å²) in [4.78, 5) is 12.7. The number of ether oxygens (including phenoxy) is 1. The van der Waals surface area contributed by atoms with Crippen molar-refractivity contribution in [3.05, 3.63) is 64.8 Å². The van der Waals surface area contributed by atoms with Gasteiger partial charge in [0, 0.05) is 22.2 Å². The van der Waals surface area contributed by atoms with Crippen LogP contribution in [0, 0.1) is 18.8 Å². The lowest BCUT2D eigenvalue weighted by Crippen LogP contribution is -2.44. The number of thioether (sulfide) groups is 1. The first-order valence-electron chi connectivity index (χ1n) is 15.9. The monoisotopic (exact) mass is 633 g/mol. The maximum absolute atomic E-state index is 11.3. The number of aromatic nitrogens is 2. The predicted octanol–water partition coefficient (Wildman–Crippen LogP) is 9.27. The van der Waals surface area contributed by atoms with E-state index in [1.807, 2.05) is 38.1 Å². The molecule has 2 unspecified atom stereocenters. The van der Waals surface area contributed by atoms with Crippen LogP contribution in [0.25, 0.3) is 5.57 Å². The quantitative estimate of drug-likeness (QED) is 0.160. The SMILES string of the molecule is Cc1cc(Nc2ncc(Cl)c(N(O)c3ccccc3SC(C)C)n2)c(OC(C)C)cc1C1=CC(C2CC2)N(C)C(C2CC2)C1. The number of halogens is 1. The van der Waals surface area contributed by atoms with E-state index in [1.165, 1.54) is 48.6 Å². The number of benzene rings is 2. The van der Waals surface area contributed by atoms with Gasteiger partial charge in [-0.25, -0.2) is 10.0 Å². The molecule has 0 amide bonds. The minimum atomic E-state index is -0.0133. The van der Waals surface area contributed by atoms with Crippen molar-refractivity contribution in [2.75, 3.05) is 17.4 Å². The predicted molar refractivity (Wildman–Crippen MR) is 182 cm³/mol. The Morgan fingerprint density at radius 1 is 1.09 bits per heavy atom. The lowest BCUT2D eigenvalue weighted by molar-refractivity contribution is 0.160. The largest absolute Gasteiger partial charge is 0.489 e. The number of nitrogens with zero attached hydrogens (tertiary/aromatic N) is 4. The second-order valence-corrected chi connectivity index (χ2v) is 15.1. The summed E-state index contributed by atoms with van der Waals surface area (Å²) in [5, 5.41) is 16.3. The first-order valence-corrected chi connectivity index (χ1v) is 17.1. The molecule has 2 heterocycles. The van der Waals surface area contributed by atoms with Crippen LogP contribution in [0.1, 0.15) is 70.9 Å². The third-order valence-electron chi connectivity index (χ3n) is 8.73. The van der Waals surface area contributed by atoms with Gasteiger partial charge in [0.25, 0.3) is 0 Å². The number of rotatable bonds is 11. The van der Waals surface area contributed by atoms with Crippen LogP contribution in [0.5, 0.6) is 5.75 Å². The van der Waals surface area contributed by atoms with Crippen molar-refractivity contribution in [2.45, 2.75) is 95.1 Å². The lowest BCUT2D eigenvalue weighted by Gasteiger charge is -2.39. The van der Waals surface area contributed by atoms with Crippen LogP contribution in [-0.2, 0) is 0 Å². The summed E-state index contributed by atoms with van der Waals surface area (Å²) in [5.74, 6) is 2.87. The Bertz CT molecular complexity index is 1540. The molecule has 9 heteroatoms. The smallest absolute Gasteiger partial charge is 0.229 e. The fraction of sp³-hybridized carbons (Fsp3) is 0.486. The van der Waals surface area contributed by atoms with E-state index < -0.39 is 0 Å². The van der Waals surface area contributed by atoms with Gasteiger partial charge >= 0.3 is 0 Å². The maximum atomic E-state index is 11.3. The molecule has 2 N–H and O–H groups in total. The molecule has 3 aromatic rings. The van der Waals surface area contributed by atoms with Crippen molar-refractivity contribution in [2.24, 2.45) is 11.8 Å². The van der Waals surface area contributed by atoms with E-state index in [0.717, 1.165) is 39.7 Å². The molecular formula is C35H44ClN5O2S. The molecule has 0 bridgehead atoms. The molecular weight excluding hydrogens is 590 g/mol. The van der Waals surface area contributed by atoms with E-state index in [2.05, 4.69) is 66.2 Å². The van der Waals surface area contributed by atoms with E-state index in [1.54, 1.807) is 11.8 Å². The highest BCUT2D eigenvalue weighted by Gasteiger charge is 2.43. The molecule has 1 aliphatic heterocycles. The Hall–Kier alpha value is -2.78. The van der Waals surface area contributed by atoms with E-state index in [0.29, 0.717) is 29.0 Å². The van der Waals surface area contributed by atoms with Gasteiger partial charge in [-0.15, -0.1) is 11.8 Å². The zero-order valence-corrected chi connectivity index (χ0v) is 28.1. The van der Waals surface area contributed by atoms with E-state index in [4.69, 9.17) is 16.3 Å². The van der Waals surface area contributed by atoms with Crippen molar-refractivity contribution in [3.63, 3.8) is 0 Å². The molecule has 2 aromatic carbocycles. The van der Waals surface area contributed by atoms with E-state index in [9.17, 15) is 5.21 Å². The van der Waals surface area contributed by atoms with Gasteiger partial charge in [0.1, 0.15) is 10.8 Å². The van der Waals surface area contributed by atoms with Gasteiger partial charge in [0.15, 0.2) is 5.82 Å². The van der Waals surface area contributed by atoms with Crippen molar-refractivity contribution in [1.82, 2.24) is 14.9 Å². The minimum Gasteiger partial charge on any atom is -0.489 e. The van der Waals surface area contributed by atoms with Gasteiger partial charge in [0.05, 0.1) is 23.7 Å². The highest BCUT2D eigenvalue weighted by molar-refractivity contribution is 8.00. The Balaban J connectivity index is 1.32. The van der Waals surface area contributed by atoms with Gasteiger partial charge in [-0.2, -0.15) is 4.98 Å². The summed E-state index contributed by atoms with van der Waals surface area (Å²) in [5.41, 5.74) is 5.27. The Labute approximate surface area is 271 Å². The molecule has 44 heavy (non-hydrogen) atoms. The number of anilines is 4. The standard InChI is InChI=1S/C35H44ClN5O2S/c1-20(2)43-32-18-26(25-16-30(23-11-12-23)40(6)31(17-25)24-13-14-24)22(5)15-28(32)38-35-37-19-27(36)34(39-35)41(42)29-9-7-8-10-33(29)44-21(3)4/h7-10,15-16,18-21,23-24,30-31,42H,11-14,17H2,1-6H3,(H,37,38,39). The van der Waals surface area contributed by atoms with Crippen LogP contribution in [-0.4, -0.2) is 50.6 Å². The molecule has 0 spiro atoms. The normalized spacial score (nSPS) is 20.6. The number of aryl methyl sites for hydroxylation is 1. The second-order valence-electron chi connectivity index (χ2n) is 13.1. The van der Waals surface area contributed by atoms with Crippen LogP contribution in [0.4, 0.5) is 23.1 Å². The average Bonchev–Trinajstić information content (AvgIpc) is 3.89. The van der Waals surface area contributed by atoms with Gasteiger partial charge in [-0.1, -0.05) is 43.7 Å². The summed E-state index contributed by atoms with van der Waals surface area (Å²) >= 11 is 8.19. The Morgan fingerprint density at radius 2 is 1.82 bits per heavy atom. The number of para-hydroxylation sites is 1. The van der Waals surface area contributed by atoms with E-state index >= 15 is 0 Å². The maximum Gasteiger partial charge on any atom is 0.229 e. The molecule has 2 saturated carbocycles. The van der Waals surface area contributed by atoms with Crippen LogP contribution < -0.4 is 15.1 Å². The number of hydrogen-bond donors (Lipinski definition) is 2. The van der Waals surface area contributed by atoms with Crippen LogP contribution in [0.3, 0.4) is 0 Å². The van der Waals surface area contributed by atoms with Crippen LogP contribution >= 0.6 is 23.4 Å². The third-order valence-corrected chi connectivity index (χ3v) is 10.1. The molecule has 234 valence electrons. The molecule has 2 fully saturated rings. The van der Waals surface area contributed by atoms with E-state index in [-0.39, 0.29) is 16.9 Å². The first kappa shape index (κ1) is 31.2. The second kappa shape index (κ2) is 12.9. The minimum absolute atomic E-state index is 0.0133. The fourth-order valence-electron chi connectivity index (χ4n) is 6.34. The summed E-state index contributed by atoms with van der Waals surface area (Å²) in [6.07, 6.45) is 10.5. The zero-order valence-electron chi connectivity index (χ0n) is 26.5. The first-order chi connectivity index (χ1) is 21.1. The molecule has 2 aliphatic carbocycles. The van der Waals surface area contributed by atoms with Crippen LogP contribution in [0.2, 0.25) is 5.02 Å². The molecule has 2 atom stereocenters. The molecule has 1 aromatic heterocycles. The summed E-state index contributed by atoms with van der Waals surface area (Å²) in [6.45, 7) is 10.5. The Morgan fingerprint density at radius 3 is 2.50 bits per heavy atom. The van der Waals surface area contributed by atoms with Gasteiger partial charge in [-0.3, -0.25) is 10.1 Å². The van der Waals surface area contributed by atoms with Crippen molar-refractivity contribution < 1.29 is 9.94 Å². The summed E-state index contributed by atoms with van der Waals surface area (Å²) in [6, 6.07) is 13.1. The number of nitrogens with one attached hydrogen (secondary N) is 1. The van der Waals surface area contributed by atoms with Crippen molar-refractivity contribution >= 4 is 52.1 Å². The van der Waals surface area contributed by atoms with Crippen molar-refractivity contribution in [3.8, 4) is 5.75 Å². The highest BCUT2D eigenvalue weighted by Crippen LogP contribution is 2.48. The third kappa shape index (κ3) is 6.89. The number of hydrogen-bond acceptors (Lipinski definition) is 8. The van der Waals surface area contributed by atoms with Crippen molar-refractivity contribution in [1.29, 1.82) is 0 Å². The Kier molecular flexibility index (Phi) is 9.16. The number of likely N-dealkylation sites (N-methyl/N-ethyl adjacent to an activating group) is 1. The van der Waals surface area contributed by atoms with Crippen LogP contribution in [0.15, 0.2) is 53.6 Å². The molecule has 3 aliphatic rings. The topological polar surface area (TPSA) is 73.8 Å². The molecule has 6 rings (SSSR count). The molecule has 0 saturated heterocycles. The fourth-order valence-corrected chi connectivity index (χ4v) is 7.45. The summed E-state index contributed by atoms with van der Waals surface area (Å²) in [7, 11) is 2.34.